The Morgan fingerprint density at radius 3 is 2.57 bits per heavy atom. The maximum absolute atomic E-state index is 12.2. The third kappa shape index (κ3) is 5.75. The quantitative estimate of drug-likeness (QED) is 0.515. The molecule has 1 heterocycles. The number of hydrogen-bond donors (Lipinski definition) is 2. The van der Waals surface area contributed by atoms with Gasteiger partial charge in [-0.3, -0.25) is 9.59 Å². The lowest BCUT2D eigenvalue weighted by atomic mass is 10.1. The minimum Gasteiger partial charge on any atom is -0.345 e. The van der Waals surface area contributed by atoms with Crippen molar-refractivity contribution < 1.29 is 9.59 Å². The van der Waals surface area contributed by atoms with Gasteiger partial charge in [0.2, 0.25) is 5.91 Å². The molecule has 1 aromatic heterocycles. The molecule has 2 aromatic carbocycles. The zero-order valence-corrected chi connectivity index (χ0v) is 18.6. The SMILES string of the molecule is Cc1ccc(C(=O)NCc2nnc(SCC(=O)Nc3cc(Cl)ccc3Cl)n2C)cc1. The van der Waals surface area contributed by atoms with Gasteiger partial charge in [-0.15, -0.1) is 10.2 Å². The molecule has 0 aliphatic carbocycles. The third-order valence-electron chi connectivity index (χ3n) is 4.18. The van der Waals surface area contributed by atoms with Crippen LogP contribution in [0.15, 0.2) is 47.6 Å². The van der Waals surface area contributed by atoms with Gasteiger partial charge in [-0.1, -0.05) is 52.7 Å². The number of aromatic nitrogens is 3. The Balaban J connectivity index is 1.53. The summed E-state index contributed by atoms with van der Waals surface area (Å²) in [5.74, 6) is 0.257. The molecule has 0 aliphatic rings. The van der Waals surface area contributed by atoms with E-state index in [1.165, 1.54) is 11.8 Å². The molecular formula is C20H19Cl2N5O2S. The summed E-state index contributed by atoms with van der Waals surface area (Å²) in [6.45, 7) is 2.19. The third-order valence-corrected chi connectivity index (χ3v) is 5.77. The number of nitrogens with one attached hydrogen (secondary N) is 2. The molecule has 3 aromatic rings. The zero-order chi connectivity index (χ0) is 21.7. The average molecular weight is 464 g/mol. The predicted octanol–water partition coefficient (Wildman–Crippen LogP) is 4.09. The first kappa shape index (κ1) is 22.1. The highest BCUT2D eigenvalue weighted by molar-refractivity contribution is 7.99. The van der Waals surface area contributed by atoms with Crippen LogP contribution in [0.3, 0.4) is 0 Å². The van der Waals surface area contributed by atoms with Gasteiger partial charge in [0.1, 0.15) is 0 Å². The van der Waals surface area contributed by atoms with E-state index in [2.05, 4.69) is 20.8 Å². The average Bonchev–Trinajstić information content (AvgIpc) is 3.07. The van der Waals surface area contributed by atoms with Crippen LogP contribution in [0.25, 0.3) is 0 Å². The Hall–Kier alpha value is -2.55. The summed E-state index contributed by atoms with van der Waals surface area (Å²) in [6, 6.07) is 12.2. The summed E-state index contributed by atoms with van der Waals surface area (Å²) in [4.78, 5) is 24.5. The van der Waals surface area contributed by atoms with E-state index in [1.54, 1.807) is 41.9 Å². The maximum atomic E-state index is 12.2. The molecule has 3 rings (SSSR count). The highest BCUT2D eigenvalue weighted by Gasteiger charge is 2.14. The van der Waals surface area contributed by atoms with Crippen molar-refractivity contribution in [1.82, 2.24) is 20.1 Å². The minimum atomic E-state index is -0.249. The van der Waals surface area contributed by atoms with Crippen LogP contribution < -0.4 is 10.6 Å². The van der Waals surface area contributed by atoms with Crippen LogP contribution in [0, 0.1) is 6.92 Å². The largest absolute Gasteiger partial charge is 0.345 e. The minimum absolute atomic E-state index is 0.116. The van der Waals surface area contributed by atoms with E-state index in [0.29, 0.717) is 32.3 Å². The van der Waals surface area contributed by atoms with Crippen molar-refractivity contribution in [1.29, 1.82) is 0 Å². The van der Waals surface area contributed by atoms with E-state index in [9.17, 15) is 9.59 Å². The Morgan fingerprint density at radius 2 is 1.83 bits per heavy atom. The van der Waals surface area contributed by atoms with Gasteiger partial charge in [0.05, 0.1) is 23.0 Å². The van der Waals surface area contributed by atoms with Crippen LogP contribution in [0.5, 0.6) is 0 Å². The predicted molar refractivity (Wildman–Crippen MR) is 119 cm³/mol. The fourth-order valence-corrected chi connectivity index (χ4v) is 3.57. The summed E-state index contributed by atoms with van der Waals surface area (Å²) in [6.07, 6.45) is 0. The molecule has 2 amide bonds. The molecule has 0 unspecified atom stereocenters. The van der Waals surface area contributed by atoms with E-state index in [4.69, 9.17) is 23.2 Å². The fourth-order valence-electron chi connectivity index (χ4n) is 2.50. The number of nitrogens with zero attached hydrogens (tertiary/aromatic N) is 3. The van der Waals surface area contributed by atoms with Crippen molar-refractivity contribution in [3.8, 4) is 0 Å². The molecular weight excluding hydrogens is 445 g/mol. The summed E-state index contributed by atoms with van der Waals surface area (Å²) >= 11 is 13.2. The number of aryl methyl sites for hydroxylation is 1. The number of amides is 2. The second-order valence-corrected chi connectivity index (χ2v) is 8.25. The van der Waals surface area contributed by atoms with Crippen molar-refractivity contribution >= 4 is 52.5 Å². The molecule has 0 atom stereocenters. The van der Waals surface area contributed by atoms with Gasteiger partial charge in [-0.05, 0) is 37.3 Å². The number of halogens is 2. The van der Waals surface area contributed by atoms with E-state index in [-0.39, 0.29) is 24.1 Å². The number of hydrogen-bond acceptors (Lipinski definition) is 5. The first-order chi connectivity index (χ1) is 14.3. The van der Waals surface area contributed by atoms with Crippen molar-refractivity contribution in [3.63, 3.8) is 0 Å². The number of carbonyl (C=O) groups is 2. The van der Waals surface area contributed by atoms with Crippen molar-refractivity contribution in [3.05, 3.63) is 69.5 Å². The van der Waals surface area contributed by atoms with Gasteiger partial charge in [-0.2, -0.15) is 0 Å². The van der Waals surface area contributed by atoms with Crippen molar-refractivity contribution in [2.75, 3.05) is 11.1 Å². The number of benzene rings is 2. The maximum Gasteiger partial charge on any atom is 0.251 e. The summed E-state index contributed by atoms with van der Waals surface area (Å²) in [7, 11) is 1.78. The molecule has 2 N–H and O–H groups in total. The summed E-state index contributed by atoms with van der Waals surface area (Å²) < 4.78 is 1.74. The van der Waals surface area contributed by atoms with E-state index >= 15 is 0 Å². The van der Waals surface area contributed by atoms with Crippen molar-refractivity contribution in [2.24, 2.45) is 7.05 Å². The Kier molecular flexibility index (Phi) is 7.36. The molecule has 0 fully saturated rings. The van der Waals surface area contributed by atoms with Gasteiger partial charge < -0.3 is 15.2 Å². The van der Waals surface area contributed by atoms with Crippen LogP contribution in [0.4, 0.5) is 5.69 Å². The number of anilines is 1. The molecule has 0 bridgehead atoms. The van der Waals surface area contributed by atoms with Crippen LogP contribution >= 0.6 is 35.0 Å². The lowest BCUT2D eigenvalue weighted by Gasteiger charge is -2.08. The molecule has 30 heavy (non-hydrogen) atoms. The van der Waals surface area contributed by atoms with Crippen LogP contribution in [0.1, 0.15) is 21.7 Å². The smallest absolute Gasteiger partial charge is 0.251 e. The standard InChI is InChI=1S/C20H19Cl2N5O2S/c1-12-3-5-13(6-4-12)19(29)23-10-17-25-26-20(27(17)2)30-11-18(28)24-16-9-14(21)7-8-15(16)22/h3-9H,10-11H2,1-2H3,(H,23,29)(H,24,28). The summed E-state index contributed by atoms with van der Waals surface area (Å²) in [5.41, 5.74) is 2.11. The Morgan fingerprint density at radius 1 is 1.10 bits per heavy atom. The molecule has 0 spiro atoms. The first-order valence-corrected chi connectivity index (χ1v) is 10.7. The number of carbonyl (C=O) groups excluding carboxylic acids is 2. The highest BCUT2D eigenvalue weighted by atomic mass is 35.5. The van der Waals surface area contributed by atoms with E-state index < -0.39 is 0 Å². The molecule has 0 aliphatic heterocycles. The highest BCUT2D eigenvalue weighted by Crippen LogP contribution is 2.26. The summed E-state index contributed by atoms with van der Waals surface area (Å²) in [5, 5.41) is 15.2. The van der Waals surface area contributed by atoms with Crippen LogP contribution in [-0.4, -0.2) is 32.3 Å². The molecule has 156 valence electrons. The van der Waals surface area contributed by atoms with Crippen molar-refractivity contribution in [2.45, 2.75) is 18.6 Å². The molecule has 0 saturated carbocycles. The topological polar surface area (TPSA) is 88.9 Å². The number of thioether (sulfide) groups is 1. The Labute approximate surface area is 188 Å². The molecule has 0 saturated heterocycles. The van der Waals surface area contributed by atoms with Gasteiger partial charge in [0.15, 0.2) is 11.0 Å². The molecule has 0 radical (unpaired) electrons. The van der Waals surface area contributed by atoms with Gasteiger partial charge >= 0.3 is 0 Å². The van der Waals surface area contributed by atoms with E-state index in [1.807, 2.05) is 19.1 Å². The lowest BCUT2D eigenvalue weighted by molar-refractivity contribution is -0.113. The normalized spacial score (nSPS) is 10.7. The first-order valence-electron chi connectivity index (χ1n) is 8.94. The molecule has 7 nitrogen and oxygen atoms in total. The van der Waals surface area contributed by atoms with E-state index in [0.717, 1.165) is 5.56 Å². The second kappa shape index (κ2) is 9.97. The zero-order valence-electron chi connectivity index (χ0n) is 16.3. The van der Waals surface area contributed by atoms with Crippen LogP contribution in [0.2, 0.25) is 10.0 Å². The van der Waals surface area contributed by atoms with Crippen LogP contribution in [-0.2, 0) is 18.4 Å². The molecule has 10 heteroatoms. The lowest BCUT2D eigenvalue weighted by Crippen LogP contribution is -2.24. The second-order valence-electron chi connectivity index (χ2n) is 6.47. The van der Waals surface area contributed by atoms with Gasteiger partial charge in [-0.25, -0.2) is 0 Å². The van der Waals surface area contributed by atoms with Gasteiger partial charge in [0, 0.05) is 17.6 Å². The Bertz CT molecular complexity index is 1070. The fraction of sp³-hybridized carbons (Fsp3) is 0.200. The number of rotatable bonds is 7. The van der Waals surface area contributed by atoms with Gasteiger partial charge in [0.25, 0.3) is 5.91 Å². The monoisotopic (exact) mass is 463 g/mol.